The van der Waals surface area contributed by atoms with E-state index < -0.39 is 12.5 Å². The molecule has 27 heavy (non-hydrogen) atoms. The molecule has 1 aromatic heterocycles. The van der Waals surface area contributed by atoms with E-state index in [2.05, 4.69) is 20.2 Å². The van der Waals surface area contributed by atoms with Gasteiger partial charge in [-0.1, -0.05) is 34.8 Å². The summed E-state index contributed by atoms with van der Waals surface area (Å²) in [4.78, 5) is 15.9. The number of carbonyl (C=O) groups is 1. The molecule has 7 nitrogen and oxygen atoms in total. The summed E-state index contributed by atoms with van der Waals surface area (Å²) in [5.41, 5.74) is 7.89. The van der Waals surface area contributed by atoms with Crippen LogP contribution in [-0.4, -0.2) is 30.8 Å². The van der Waals surface area contributed by atoms with Crippen molar-refractivity contribution in [3.63, 3.8) is 0 Å². The van der Waals surface area contributed by atoms with Crippen LogP contribution in [0.3, 0.4) is 0 Å². The largest absolute Gasteiger partial charge is 0.493 e. The van der Waals surface area contributed by atoms with Gasteiger partial charge in [0.25, 0.3) is 5.91 Å². The van der Waals surface area contributed by atoms with Crippen LogP contribution >= 0.6 is 34.8 Å². The summed E-state index contributed by atoms with van der Waals surface area (Å²) in [5.74, 6) is -0.866. The number of halogens is 5. The van der Waals surface area contributed by atoms with Gasteiger partial charge in [-0.15, -0.1) is 0 Å². The maximum Gasteiger partial charge on any atom is 0.387 e. The summed E-state index contributed by atoms with van der Waals surface area (Å²) in [5, 5.41) is 3.29. The molecule has 0 radical (unpaired) electrons. The van der Waals surface area contributed by atoms with Crippen LogP contribution in [0.15, 0.2) is 23.3 Å². The molecule has 1 heterocycles. The maximum atomic E-state index is 12.3. The molecule has 0 unspecified atom stereocenters. The molecular formula is C15H11Cl3F2N4O3. The maximum absolute atomic E-state index is 12.3. The number of nitrogen functional groups attached to an aromatic ring is 1. The van der Waals surface area contributed by atoms with Gasteiger partial charge in [0.2, 0.25) is 0 Å². The normalized spacial score (nSPS) is 11.1. The average Bonchev–Trinajstić information content (AvgIpc) is 2.63. The molecule has 2 rings (SSSR count). The minimum Gasteiger partial charge on any atom is -0.493 e. The quantitative estimate of drug-likeness (QED) is 0.403. The van der Waals surface area contributed by atoms with E-state index in [-0.39, 0.29) is 38.1 Å². The molecule has 0 aliphatic rings. The monoisotopic (exact) mass is 438 g/mol. The number of nitrogens with two attached hydrogens (primary N) is 1. The minimum atomic E-state index is -2.99. The van der Waals surface area contributed by atoms with Crippen LogP contribution in [0.4, 0.5) is 14.5 Å². The molecule has 0 fully saturated rings. The van der Waals surface area contributed by atoms with Gasteiger partial charge in [-0.3, -0.25) is 4.79 Å². The van der Waals surface area contributed by atoms with Crippen molar-refractivity contribution >= 4 is 52.6 Å². The van der Waals surface area contributed by atoms with Crippen LogP contribution in [0.2, 0.25) is 15.2 Å². The molecule has 0 aliphatic heterocycles. The fourth-order valence-electron chi connectivity index (χ4n) is 1.86. The van der Waals surface area contributed by atoms with Gasteiger partial charge in [-0.05, 0) is 23.8 Å². The number of ether oxygens (including phenoxy) is 2. The summed E-state index contributed by atoms with van der Waals surface area (Å²) < 4.78 is 33.9. The Morgan fingerprint density at radius 2 is 2.00 bits per heavy atom. The first-order valence-corrected chi connectivity index (χ1v) is 8.14. The van der Waals surface area contributed by atoms with Crippen LogP contribution in [0, 0.1) is 0 Å². The Kier molecular flexibility index (Phi) is 7.00. The van der Waals surface area contributed by atoms with Gasteiger partial charge in [0.1, 0.15) is 5.02 Å². The number of amides is 1. The fourth-order valence-corrected chi connectivity index (χ4v) is 2.45. The van der Waals surface area contributed by atoms with Crippen molar-refractivity contribution in [2.45, 2.75) is 6.61 Å². The van der Waals surface area contributed by atoms with E-state index in [1.807, 2.05) is 0 Å². The lowest BCUT2D eigenvalue weighted by Gasteiger charge is -2.10. The highest BCUT2D eigenvalue weighted by Crippen LogP contribution is 2.34. The number of alkyl halides is 2. The third-order valence-electron chi connectivity index (χ3n) is 3.07. The first-order valence-electron chi connectivity index (χ1n) is 7.00. The summed E-state index contributed by atoms with van der Waals surface area (Å²) in [6, 6.07) is 4.08. The molecule has 144 valence electrons. The SMILES string of the molecule is COc1cc(/C=N\NC(=O)c2nc(Cl)c(Cl)c(N)c2Cl)ccc1OC(F)F. The smallest absolute Gasteiger partial charge is 0.387 e. The van der Waals surface area contributed by atoms with Crippen molar-refractivity contribution in [3.05, 3.63) is 44.7 Å². The van der Waals surface area contributed by atoms with Crippen molar-refractivity contribution in [3.8, 4) is 11.5 Å². The zero-order chi connectivity index (χ0) is 20.1. The molecule has 0 saturated heterocycles. The van der Waals surface area contributed by atoms with Crippen molar-refractivity contribution in [1.82, 2.24) is 10.4 Å². The van der Waals surface area contributed by atoms with E-state index in [9.17, 15) is 13.6 Å². The highest BCUT2D eigenvalue weighted by molar-refractivity contribution is 6.46. The van der Waals surface area contributed by atoms with Gasteiger partial charge in [-0.25, -0.2) is 10.4 Å². The van der Waals surface area contributed by atoms with Crippen molar-refractivity contribution in [2.75, 3.05) is 12.8 Å². The predicted octanol–water partition coefficient (Wildman–Crippen LogP) is 4.00. The second-order valence-electron chi connectivity index (χ2n) is 4.78. The van der Waals surface area contributed by atoms with E-state index in [0.717, 1.165) is 0 Å². The Labute approximate surface area is 167 Å². The molecule has 3 N–H and O–H groups in total. The van der Waals surface area contributed by atoms with Gasteiger partial charge in [-0.2, -0.15) is 13.9 Å². The molecule has 0 atom stereocenters. The lowest BCUT2D eigenvalue weighted by Crippen LogP contribution is -2.20. The lowest BCUT2D eigenvalue weighted by atomic mass is 10.2. The zero-order valence-electron chi connectivity index (χ0n) is 13.5. The summed E-state index contributed by atoms with van der Waals surface area (Å²) in [6.07, 6.45) is 1.24. The minimum absolute atomic E-state index is 0.0625. The number of hydrogen-bond donors (Lipinski definition) is 2. The van der Waals surface area contributed by atoms with E-state index >= 15 is 0 Å². The number of carbonyl (C=O) groups excluding carboxylic acids is 1. The molecule has 0 bridgehead atoms. The van der Waals surface area contributed by atoms with Crippen LogP contribution in [-0.2, 0) is 0 Å². The van der Waals surface area contributed by atoms with E-state index in [1.165, 1.54) is 31.5 Å². The molecule has 2 aromatic rings. The second-order valence-corrected chi connectivity index (χ2v) is 5.89. The van der Waals surface area contributed by atoms with E-state index in [0.29, 0.717) is 5.56 Å². The third kappa shape index (κ3) is 5.09. The van der Waals surface area contributed by atoms with Crippen LogP contribution in [0.1, 0.15) is 16.1 Å². The number of methoxy groups -OCH3 is 1. The number of benzene rings is 1. The Balaban J connectivity index is 2.15. The number of rotatable bonds is 6. The molecule has 1 amide bonds. The summed E-state index contributed by atoms with van der Waals surface area (Å²) >= 11 is 17.5. The first kappa shape index (κ1) is 20.9. The van der Waals surface area contributed by atoms with Crippen molar-refractivity contribution in [1.29, 1.82) is 0 Å². The number of nitrogens with one attached hydrogen (secondary N) is 1. The standard InChI is InChI=1S/C15H11Cl3F2N4O3/c1-26-8-4-6(2-3-7(8)27-15(19)20)5-22-24-14(25)12-9(16)11(21)10(17)13(18)23-12/h2-5,15H,1H3,(H2,21,23)(H,24,25)/b22-5-. The summed E-state index contributed by atoms with van der Waals surface area (Å²) in [7, 11) is 1.29. The topological polar surface area (TPSA) is 98.8 Å². The van der Waals surface area contributed by atoms with Gasteiger partial charge < -0.3 is 15.2 Å². The molecule has 0 saturated carbocycles. The lowest BCUT2D eigenvalue weighted by molar-refractivity contribution is -0.0512. The Morgan fingerprint density at radius 1 is 1.30 bits per heavy atom. The second kappa shape index (κ2) is 9.03. The molecule has 0 spiro atoms. The van der Waals surface area contributed by atoms with Crippen LogP contribution in [0.25, 0.3) is 0 Å². The number of anilines is 1. The number of nitrogens with zero attached hydrogens (tertiary/aromatic N) is 2. The molecule has 12 heteroatoms. The van der Waals surface area contributed by atoms with Crippen molar-refractivity contribution < 1.29 is 23.0 Å². The van der Waals surface area contributed by atoms with Gasteiger partial charge in [0.05, 0.1) is 24.0 Å². The number of hydrazone groups is 1. The van der Waals surface area contributed by atoms with Gasteiger partial charge in [0.15, 0.2) is 22.3 Å². The zero-order valence-corrected chi connectivity index (χ0v) is 15.7. The van der Waals surface area contributed by atoms with Crippen molar-refractivity contribution in [2.24, 2.45) is 5.10 Å². The summed E-state index contributed by atoms with van der Waals surface area (Å²) in [6.45, 7) is -2.99. The Morgan fingerprint density at radius 3 is 2.63 bits per heavy atom. The van der Waals surface area contributed by atoms with E-state index in [1.54, 1.807) is 0 Å². The van der Waals surface area contributed by atoms with Gasteiger partial charge >= 0.3 is 6.61 Å². The first-order chi connectivity index (χ1) is 12.7. The van der Waals surface area contributed by atoms with Gasteiger partial charge in [0, 0.05) is 0 Å². The number of hydrogen-bond acceptors (Lipinski definition) is 6. The molecule has 0 aliphatic carbocycles. The predicted molar refractivity (Wildman–Crippen MR) is 98.4 cm³/mol. The highest BCUT2D eigenvalue weighted by atomic mass is 35.5. The third-order valence-corrected chi connectivity index (χ3v) is 4.21. The number of pyridine rings is 1. The van der Waals surface area contributed by atoms with E-state index in [4.69, 9.17) is 45.3 Å². The number of aromatic nitrogens is 1. The molecular weight excluding hydrogens is 429 g/mol. The van der Waals surface area contributed by atoms with Crippen LogP contribution in [0.5, 0.6) is 11.5 Å². The Hall–Kier alpha value is -2.36. The van der Waals surface area contributed by atoms with Crippen LogP contribution < -0.4 is 20.6 Å². The Bertz CT molecular complexity index is 897. The average molecular weight is 440 g/mol. The highest BCUT2D eigenvalue weighted by Gasteiger charge is 2.19. The molecule has 1 aromatic carbocycles. The fraction of sp³-hybridized carbons (Fsp3) is 0.133.